The van der Waals surface area contributed by atoms with E-state index in [1.54, 1.807) is 38.4 Å². The van der Waals surface area contributed by atoms with Crippen molar-refractivity contribution in [3.05, 3.63) is 87.8 Å². The summed E-state index contributed by atoms with van der Waals surface area (Å²) >= 11 is 3.45. The molecule has 64 heavy (non-hydrogen) atoms. The number of nitrogens with zero attached hydrogens (tertiary/aromatic N) is 6. The fourth-order valence-electron chi connectivity index (χ4n) is 7.85. The van der Waals surface area contributed by atoms with E-state index >= 15 is 0 Å². The highest BCUT2D eigenvalue weighted by atomic mass is 79.9. The van der Waals surface area contributed by atoms with E-state index in [1.165, 1.54) is 19.3 Å². The van der Waals surface area contributed by atoms with Crippen LogP contribution in [-0.4, -0.2) is 93.6 Å². The second-order valence-corrected chi connectivity index (χ2v) is 19.8. The van der Waals surface area contributed by atoms with Crippen LogP contribution in [0, 0.1) is 13.8 Å². The molecule has 2 amide bonds. The molecule has 3 aliphatic rings. The lowest BCUT2D eigenvalue weighted by Crippen LogP contribution is -2.29. The van der Waals surface area contributed by atoms with Crippen LogP contribution in [0.25, 0.3) is 33.8 Å². The zero-order valence-corrected chi connectivity index (χ0v) is 39.1. The number of carbonyl (C=O) groups is 2. The molecule has 0 bridgehead atoms. The molecule has 0 aliphatic heterocycles. The molecule has 3 fully saturated rings. The van der Waals surface area contributed by atoms with Crippen molar-refractivity contribution in [3.8, 4) is 22.5 Å². The average Bonchev–Trinajstić information content (AvgIpc) is 4.15. The number of amides is 2. The van der Waals surface area contributed by atoms with Gasteiger partial charge in [-0.1, -0.05) is 31.4 Å². The summed E-state index contributed by atoms with van der Waals surface area (Å²) < 4.78 is 4.27. The molecule has 3 aliphatic carbocycles. The topological polar surface area (TPSA) is 195 Å². The van der Waals surface area contributed by atoms with Crippen LogP contribution in [0.2, 0.25) is 0 Å². The van der Waals surface area contributed by atoms with Crippen LogP contribution in [0.1, 0.15) is 117 Å². The highest BCUT2D eigenvalue weighted by Crippen LogP contribution is 2.31. The highest BCUT2D eigenvalue weighted by molar-refractivity contribution is 9.10. The van der Waals surface area contributed by atoms with Gasteiger partial charge in [0.25, 0.3) is 11.8 Å². The van der Waals surface area contributed by atoms with Gasteiger partial charge in [-0.05, 0) is 137 Å². The average molecular weight is 935 g/mol. The minimum atomic E-state index is -0.860. The molecule has 16 heteroatoms. The van der Waals surface area contributed by atoms with Crippen LogP contribution >= 0.6 is 15.9 Å². The van der Waals surface area contributed by atoms with E-state index < -0.39 is 11.2 Å². The Morgan fingerprint density at radius 1 is 0.656 bits per heavy atom. The van der Waals surface area contributed by atoms with Gasteiger partial charge in [0.1, 0.15) is 10.4 Å². The third-order valence-electron chi connectivity index (χ3n) is 11.6. The maximum Gasteiger partial charge on any atom is 0.251 e. The van der Waals surface area contributed by atoms with E-state index in [1.807, 2.05) is 73.1 Å². The maximum atomic E-state index is 12.6. The molecule has 338 valence electrons. The second kappa shape index (κ2) is 18.5. The van der Waals surface area contributed by atoms with E-state index in [4.69, 9.17) is 5.10 Å². The van der Waals surface area contributed by atoms with Crippen molar-refractivity contribution in [3.63, 3.8) is 0 Å². The highest BCUT2D eigenvalue weighted by Gasteiger charge is 2.26. The normalized spacial score (nSPS) is 15.7. The first-order valence-electron chi connectivity index (χ1n) is 22.4. The van der Waals surface area contributed by atoms with Gasteiger partial charge in [0.2, 0.25) is 0 Å². The first-order chi connectivity index (χ1) is 30.5. The second-order valence-electron chi connectivity index (χ2n) is 18.9. The number of benzene rings is 2. The van der Waals surface area contributed by atoms with Gasteiger partial charge in [-0.2, -0.15) is 5.10 Å². The zero-order valence-electron chi connectivity index (χ0n) is 37.6. The fraction of sp³-hybridized carbons (Fsp3) is 0.458. The Balaban J connectivity index is 0.000000178. The van der Waals surface area contributed by atoms with E-state index in [2.05, 4.69) is 57.6 Å². The minimum absolute atomic E-state index is 0.00936. The number of aromatic nitrogens is 6. The van der Waals surface area contributed by atoms with Gasteiger partial charge in [0.05, 0.1) is 46.4 Å². The number of anilines is 3. The lowest BCUT2D eigenvalue weighted by atomic mass is 9.95. The van der Waals surface area contributed by atoms with Crippen molar-refractivity contribution in [1.29, 1.82) is 0 Å². The minimum Gasteiger partial charge on any atom is -0.389 e. The molecule has 3 saturated carbocycles. The van der Waals surface area contributed by atoms with Gasteiger partial charge >= 0.3 is 0 Å². The van der Waals surface area contributed by atoms with E-state index in [0.717, 1.165) is 89.4 Å². The Morgan fingerprint density at radius 2 is 1.12 bits per heavy atom. The summed E-state index contributed by atoms with van der Waals surface area (Å²) in [5.74, 6) is 0.762. The molecule has 0 spiro atoms. The van der Waals surface area contributed by atoms with Gasteiger partial charge in [0.15, 0.2) is 11.3 Å². The summed E-state index contributed by atoms with van der Waals surface area (Å²) in [6, 6.07) is 16.5. The van der Waals surface area contributed by atoms with Gasteiger partial charge in [-0.15, -0.1) is 5.10 Å². The van der Waals surface area contributed by atoms with Crippen LogP contribution in [0.4, 0.5) is 17.2 Å². The zero-order chi connectivity index (χ0) is 45.3. The number of aliphatic hydroxyl groups is 2. The van der Waals surface area contributed by atoms with Crippen molar-refractivity contribution in [2.24, 2.45) is 0 Å². The van der Waals surface area contributed by atoms with Crippen LogP contribution in [0.5, 0.6) is 0 Å². The Hall–Kier alpha value is -5.58. The standard InChI is InChI=1S/C27H36N6O2.C21H24BrN5O2/c1-17-13-18(9-12-21(17)26(34)31-20-10-11-20)23-15-28-25-22(29-16-27(2,3)35)14-24(32-33(23)25)30-19-7-5-4-6-8-19;1-12-8-13(4-7-15(12)20(28)25-14-5-6-14)17-10-23-19-16(24-11-21(2,3)29)9-18(22)26-27(17)19/h9,12-15,19-20,29,35H,4-8,10-11,16H2,1-3H3,(H,30,32)(H,31,34);4,7-10,14,24,29H,5-6,11H2,1-3H3,(H,25,28). The van der Waals surface area contributed by atoms with Crippen LogP contribution in [0.3, 0.4) is 0 Å². The summed E-state index contributed by atoms with van der Waals surface area (Å²) in [6.45, 7) is 11.7. The van der Waals surface area contributed by atoms with Crippen LogP contribution in [0.15, 0.2) is 65.5 Å². The number of fused-ring (bicyclic) bond motifs is 2. The first kappa shape index (κ1) is 45.0. The number of rotatable bonds is 14. The Morgan fingerprint density at radius 3 is 1.58 bits per heavy atom. The number of nitrogens with one attached hydrogen (secondary N) is 5. The van der Waals surface area contributed by atoms with Crippen molar-refractivity contribution in [2.75, 3.05) is 29.0 Å². The summed E-state index contributed by atoms with van der Waals surface area (Å²) in [6.07, 6.45) is 13.9. The maximum absolute atomic E-state index is 12.6. The molecular formula is C48H60BrN11O4. The van der Waals surface area contributed by atoms with Crippen molar-refractivity contribution in [2.45, 2.75) is 129 Å². The van der Waals surface area contributed by atoms with Crippen molar-refractivity contribution in [1.82, 2.24) is 39.8 Å². The Kier molecular flexibility index (Phi) is 13.0. The predicted octanol–water partition coefficient (Wildman–Crippen LogP) is 8.07. The van der Waals surface area contributed by atoms with E-state index in [9.17, 15) is 19.8 Å². The monoisotopic (exact) mass is 933 g/mol. The smallest absolute Gasteiger partial charge is 0.251 e. The molecule has 4 heterocycles. The Labute approximate surface area is 382 Å². The van der Waals surface area contributed by atoms with E-state index in [-0.39, 0.29) is 11.8 Å². The van der Waals surface area contributed by atoms with Crippen LogP contribution < -0.4 is 26.6 Å². The van der Waals surface area contributed by atoms with Gasteiger partial charge in [-0.3, -0.25) is 9.59 Å². The molecule has 15 nitrogen and oxygen atoms in total. The summed E-state index contributed by atoms with van der Waals surface area (Å²) in [4.78, 5) is 34.2. The summed E-state index contributed by atoms with van der Waals surface area (Å²) in [5, 5.41) is 46.1. The SMILES string of the molecule is Cc1cc(-c2cnc3c(NCC(C)(C)O)cc(Br)nn23)ccc1C(=O)NC1CC1.Cc1cc(-c2cnc3c(NCC(C)(C)O)cc(NC4CCCCC4)nn23)ccc1C(=O)NC1CC1. The Bertz CT molecular complexity index is 2670. The third kappa shape index (κ3) is 11.2. The molecule has 0 atom stereocenters. The van der Waals surface area contributed by atoms with Crippen molar-refractivity contribution >= 4 is 56.2 Å². The number of aryl methyl sites for hydroxylation is 2. The molecule has 6 aromatic rings. The molecule has 7 N–H and O–H groups in total. The number of halogens is 1. The molecule has 0 unspecified atom stereocenters. The van der Waals surface area contributed by atoms with Gasteiger partial charge in [-0.25, -0.2) is 19.0 Å². The molecule has 0 saturated heterocycles. The quantitative estimate of drug-likeness (QED) is 0.0558. The fourth-order valence-corrected chi connectivity index (χ4v) is 8.24. The van der Waals surface area contributed by atoms with Crippen LogP contribution in [-0.2, 0) is 0 Å². The molecule has 0 radical (unpaired) electrons. The van der Waals surface area contributed by atoms with E-state index in [0.29, 0.717) is 58.2 Å². The largest absolute Gasteiger partial charge is 0.389 e. The number of imidazole rings is 2. The molecule has 2 aromatic carbocycles. The molecular weight excluding hydrogens is 875 g/mol. The molecule has 4 aromatic heterocycles. The third-order valence-corrected chi connectivity index (χ3v) is 12.0. The first-order valence-corrected chi connectivity index (χ1v) is 23.2. The van der Waals surface area contributed by atoms with Gasteiger partial charge in [0, 0.05) is 59.5 Å². The predicted molar refractivity (Wildman–Crippen MR) is 255 cm³/mol. The summed E-state index contributed by atoms with van der Waals surface area (Å²) in [5.41, 5.74) is 8.04. The number of hydrogen-bond acceptors (Lipinski definition) is 11. The molecule has 9 rings (SSSR count). The number of hydrogen-bond donors (Lipinski definition) is 7. The number of carbonyl (C=O) groups excluding carboxylic acids is 2. The lowest BCUT2D eigenvalue weighted by molar-refractivity contribution is 0.0939. The lowest BCUT2D eigenvalue weighted by Gasteiger charge is -2.24. The van der Waals surface area contributed by atoms with Crippen molar-refractivity contribution < 1.29 is 19.8 Å². The van der Waals surface area contributed by atoms with Gasteiger partial charge < -0.3 is 36.8 Å². The summed E-state index contributed by atoms with van der Waals surface area (Å²) in [7, 11) is 0.